The smallest absolute Gasteiger partial charge is 0.392 e. The van der Waals surface area contributed by atoms with E-state index in [0.717, 1.165) is 19.3 Å². The van der Waals surface area contributed by atoms with E-state index < -0.39 is 8.56 Å². The van der Waals surface area contributed by atoms with E-state index in [2.05, 4.69) is 32.5 Å². The van der Waals surface area contributed by atoms with E-state index >= 15 is 0 Å². The molecular formula is C17H28O4Si. The molecule has 0 N–H and O–H groups in total. The second-order valence-corrected chi connectivity index (χ2v) is 8.74. The summed E-state index contributed by atoms with van der Waals surface area (Å²) in [6.07, 6.45) is 2.81. The average Bonchev–Trinajstić information content (AvgIpc) is 2.59. The average molecular weight is 324 g/mol. The predicted molar refractivity (Wildman–Crippen MR) is 88.7 cm³/mol. The highest BCUT2D eigenvalue weighted by Gasteiger charge is 2.46. The van der Waals surface area contributed by atoms with Gasteiger partial charge in [0.2, 0.25) is 0 Å². The van der Waals surface area contributed by atoms with Crippen LogP contribution in [-0.4, -0.2) is 34.3 Å². The van der Waals surface area contributed by atoms with Crippen molar-refractivity contribution in [1.82, 2.24) is 0 Å². The van der Waals surface area contributed by atoms with Crippen LogP contribution in [-0.2, 0) is 18.3 Å². The van der Waals surface area contributed by atoms with Crippen molar-refractivity contribution in [2.45, 2.75) is 51.7 Å². The third kappa shape index (κ3) is 4.63. The van der Waals surface area contributed by atoms with Crippen molar-refractivity contribution in [1.29, 1.82) is 0 Å². The fraction of sp³-hybridized carbons (Fsp3) is 0.647. The van der Waals surface area contributed by atoms with Crippen molar-refractivity contribution in [3.63, 3.8) is 0 Å². The van der Waals surface area contributed by atoms with Gasteiger partial charge >= 0.3 is 8.56 Å². The van der Waals surface area contributed by atoms with Crippen LogP contribution >= 0.6 is 0 Å². The number of benzene rings is 1. The molecule has 1 heterocycles. The second kappa shape index (κ2) is 8.79. The van der Waals surface area contributed by atoms with Crippen molar-refractivity contribution in [3.05, 3.63) is 35.9 Å². The first kappa shape index (κ1) is 17.6. The molecule has 5 heteroatoms. The van der Waals surface area contributed by atoms with Gasteiger partial charge in [0.1, 0.15) is 0 Å². The Morgan fingerprint density at radius 1 is 1.18 bits per heavy atom. The molecule has 4 nitrogen and oxygen atoms in total. The summed E-state index contributed by atoms with van der Waals surface area (Å²) >= 11 is 0. The highest BCUT2D eigenvalue weighted by Crippen LogP contribution is 2.30. The van der Waals surface area contributed by atoms with Crippen LogP contribution in [0.25, 0.3) is 0 Å². The van der Waals surface area contributed by atoms with Crippen LogP contribution in [0.3, 0.4) is 0 Å². The van der Waals surface area contributed by atoms with Gasteiger partial charge in [0.15, 0.2) is 5.91 Å². The first-order valence-electron chi connectivity index (χ1n) is 8.29. The molecule has 0 saturated carbocycles. The molecule has 0 aromatic heterocycles. The van der Waals surface area contributed by atoms with Gasteiger partial charge in [-0.1, -0.05) is 44.2 Å². The Bertz CT molecular complexity index is 422. The summed E-state index contributed by atoms with van der Waals surface area (Å²) in [6, 6.07) is 10.3. The highest BCUT2D eigenvalue weighted by molar-refractivity contribution is 6.67. The lowest BCUT2D eigenvalue weighted by Crippen LogP contribution is -2.55. The largest absolute Gasteiger partial charge is 0.393 e. The van der Waals surface area contributed by atoms with Gasteiger partial charge in [-0.3, -0.25) is 0 Å². The van der Waals surface area contributed by atoms with Gasteiger partial charge < -0.3 is 18.3 Å². The maximum Gasteiger partial charge on any atom is 0.393 e. The molecule has 124 valence electrons. The highest BCUT2D eigenvalue weighted by atomic mass is 28.4. The molecule has 1 aliphatic rings. The standard InChI is InChI=1S/C17H28O4Si/c1-4-12-20-22(3,17-18-13-9-14-19-17)21-16(5-2)15-10-7-6-8-11-15/h6-8,10-11,16-17H,4-5,9,12-14H2,1-3H3. The van der Waals surface area contributed by atoms with Crippen LogP contribution < -0.4 is 0 Å². The lowest BCUT2D eigenvalue weighted by Gasteiger charge is -2.38. The predicted octanol–water partition coefficient (Wildman–Crippen LogP) is 3.96. The van der Waals surface area contributed by atoms with Gasteiger partial charge in [0, 0.05) is 6.61 Å². The molecule has 0 bridgehead atoms. The zero-order valence-electron chi connectivity index (χ0n) is 13.9. The third-order valence-electron chi connectivity index (χ3n) is 3.77. The monoisotopic (exact) mass is 324 g/mol. The summed E-state index contributed by atoms with van der Waals surface area (Å²) < 4.78 is 24.2. The summed E-state index contributed by atoms with van der Waals surface area (Å²) in [5.41, 5.74) is 1.18. The van der Waals surface area contributed by atoms with Gasteiger partial charge in [-0.05, 0) is 31.4 Å². The molecule has 0 amide bonds. The minimum atomic E-state index is -2.58. The van der Waals surface area contributed by atoms with E-state index in [1.807, 2.05) is 18.2 Å². The number of hydrogen-bond acceptors (Lipinski definition) is 4. The Labute approximate surface area is 135 Å². The van der Waals surface area contributed by atoms with Gasteiger partial charge in [0.05, 0.1) is 19.3 Å². The first-order chi connectivity index (χ1) is 10.7. The van der Waals surface area contributed by atoms with E-state index in [4.69, 9.17) is 18.3 Å². The number of hydrogen-bond donors (Lipinski definition) is 0. The van der Waals surface area contributed by atoms with Crippen molar-refractivity contribution in [3.8, 4) is 0 Å². The molecule has 0 radical (unpaired) electrons. The van der Waals surface area contributed by atoms with E-state index in [0.29, 0.717) is 19.8 Å². The minimum Gasteiger partial charge on any atom is -0.392 e. The Morgan fingerprint density at radius 3 is 2.45 bits per heavy atom. The zero-order valence-corrected chi connectivity index (χ0v) is 14.9. The number of rotatable bonds is 8. The summed E-state index contributed by atoms with van der Waals surface area (Å²) in [7, 11) is -2.58. The van der Waals surface area contributed by atoms with Crippen molar-refractivity contribution >= 4 is 8.56 Å². The van der Waals surface area contributed by atoms with Gasteiger partial charge in [0.25, 0.3) is 0 Å². The molecule has 1 aliphatic heterocycles. The fourth-order valence-electron chi connectivity index (χ4n) is 2.59. The molecule has 1 aromatic rings. The van der Waals surface area contributed by atoms with Crippen LogP contribution in [0.15, 0.2) is 30.3 Å². The first-order valence-corrected chi connectivity index (χ1v) is 10.7. The molecule has 2 rings (SSSR count). The van der Waals surface area contributed by atoms with E-state index in [-0.39, 0.29) is 12.0 Å². The maximum absolute atomic E-state index is 6.48. The zero-order chi connectivity index (χ0) is 15.8. The fourth-order valence-corrected chi connectivity index (χ4v) is 5.22. The second-order valence-electron chi connectivity index (χ2n) is 5.72. The van der Waals surface area contributed by atoms with Crippen LogP contribution in [0.4, 0.5) is 0 Å². The summed E-state index contributed by atoms with van der Waals surface area (Å²) in [6.45, 7) is 8.41. The summed E-state index contributed by atoms with van der Waals surface area (Å²) in [5.74, 6) is -0.342. The molecule has 1 fully saturated rings. The van der Waals surface area contributed by atoms with Gasteiger partial charge in [-0.15, -0.1) is 0 Å². The molecule has 1 aromatic carbocycles. The van der Waals surface area contributed by atoms with Crippen LogP contribution in [0.1, 0.15) is 44.8 Å². The molecule has 2 unspecified atom stereocenters. The Kier molecular flexibility index (Phi) is 7.04. The minimum absolute atomic E-state index is 0.0175. The van der Waals surface area contributed by atoms with Crippen molar-refractivity contribution < 1.29 is 18.3 Å². The maximum atomic E-state index is 6.48. The van der Waals surface area contributed by atoms with Crippen molar-refractivity contribution in [2.24, 2.45) is 0 Å². The number of ether oxygens (including phenoxy) is 2. The topological polar surface area (TPSA) is 36.9 Å². The normalized spacial score (nSPS) is 20.5. The van der Waals surface area contributed by atoms with Gasteiger partial charge in [-0.2, -0.15) is 0 Å². The lowest BCUT2D eigenvalue weighted by atomic mass is 10.1. The van der Waals surface area contributed by atoms with E-state index in [9.17, 15) is 0 Å². The quantitative estimate of drug-likeness (QED) is 0.678. The molecule has 1 saturated heterocycles. The summed E-state index contributed by atoms with van der Waals surface area (Å²) in [5, 5.41) is 0. The van der Waals surface area contributed by atoms with Crippen LogP contribution in [0, 0.1) is 0 Å². The Hall–Kier alpha value is -0.723. The molecule has 0 aliphatic carbocycles. The third-order valence-corrected chi connectivity index (χ3v) is 6.49. The van der Waals surface area contributed by atoms with E-state index in [1.165, 1.54) is 5.56 Å². The van der Waals surface area contributed by atoms with Crippen LogP contribution in [0.5, 0.6) is 0 Å². The lowest BCUT2D eigenvalue weighted by molar-refractivity contribution is -0.158. The Morgan fingerprint density at radius 2 is 1.86 bits per heavy atom. The Balaban J connectivity index is 2.13. The molecular weight excluding hydrogens is 296 g/mol. The van der Waals surface area contributed by atoms with Gasteiger partial charge in [-0.25, -0.2) is 0 Å². The molecule has 0 spiro atoms. The van der Waals surface area contributed by atoms with Crippen molar-refractivity contribution in [2.75, 3.05) is 19.8 Å². The summed E-state index contributed by atoms with van der Waals surface area (Å²) in [4.78, 5) is 0. The molecule has 2 atom stereocenters. The molecule has 22 heavy (non-hydrogen) atoms. The van der Waals surface area contributed by atoms with E-state index in [1.54, 1.807) is 0 Å². The SMILES string of the molecule is CCCO[Si](C)(OC(CC)c1ccccc1)C1OCCCO1. The van der Waals surface area contributed by atoms with Crippen LogP contribution in [0.2, 0.25) is 6.55 Å².